The molecule has 0 bridgehead atoms. The lowest BCUT2D eigenvalue weighted by atomic mass is 10.3. The fourth-order valence-electron chi connectivity index (χ4n) is 1.05. The predicted molar refractivity (Wildman–Crippen MR) is 55.2 cm³/mol. The normalized spacial score (nSPS) is 9.60. The van der Waals surface area contributed by atoms with E-state index in [1.165, 1.54) is 0 Å². The van der Waals surface area contributed by atoms with Crippen LogP contribution >= 0.6 is 0 Å². The smallest absolute Gasteiger partial charge is 0.169 e. The lowest BCUT2D eigenvalue weighted by Gasteiger charge is -2.03. The van der Waals surface area contributed by atoms with Gasteiger partial charge in [0.15, 0.2) is 11.5 Å². The van der Waals surface area contributed by atoms with E-state index in [1.54, 1.807) is 24.3 Å². The molecule has 0 saturated carbocycles. The van der Waals surface area contributed by atoms with Crippen molar-refractivity contribution in [2.45, 2.75) is 0 Å². The summed E-state index contributed by atoms with van der Waals surface area (Å²) in [7, 11) is 0. The highest BCUT2D eigenvalue weighted by molar-refractivity contribution is 5.21. The molecular formula is C12H10O3. The molecule has 76 valence electrons. The van der Waals surface area contributed by atoms with Gasteiger partial charge in [-0.1, -0.05) is 36.4 Å². The molecule has 0 N–H and O–H groups in total. The third kappa shape index (κ3) is 3.00. The van der Waals surface area contributed by atoms with Crippen LogP contribution < -0.4 is 9.78 Å². The highest BCUT2D eigenvalue weighted by Crippen LogP contribution is 2.12. The first-order valence-corrected chi connectivity index (χ1v) is 4.56. The van der Waals surface area contributed by atoms with E-state index in [1.807, 2.05) is 36.4 Å². The molecule has 0 aliphatic carbocycles. The van der Waals surface area contributed by atoms with Crippen molar-refractivity contribution in [2.24, 2.45) is 0 Å². The summed E-state index contributed by atoms with van der Waals surface area (Å²) < 4.78 is 0. The summed E-state index contributed by atoms with van der Waals surface area (Å²) in [5.41, 5.74) is 0. The van der Waals surface area contributed by atoms with Gasteiger partial charge in [-0.05, 0) is 24.3 Å². The van der Waals surface area contributed by atoms with Crippen molar-refractivity contribution in [3.63, 3.8) is 0 Å². The van der Waals surface area contributed by atoms with E-state index < -0.39 is 0 Å². The fraction of sp³-hybridized carbons (Fsp3) is 0. The van der Waals surface area contributed by atoms with E-state index in [4.69, 9.17) is 9.78 Å². The maximum Gasteiger partial charge on any atom is 0.169 e. The number of hydrogen-bond acceptors (Lipinski definition) is 3. The molecule has 0 fully saturated rings. The van der Waals surface area contributed by atoms with Gasteiger partial charge in [-0.25, -0.2) is 0 Å². The summed E-state index contributed by atoms with van der Waals surface area (Å²) >= 11 is 0. The SMILES string of the molecule is c1ccc(OOOc2ccccc2)cc1. The minimum Gasteiger partial charge on any atom is -0.299 e. The molecule has 2 aromatic carbocycles. The number of benzene rings is 2. The van der Waals surface area contributed by atoms with Gasteiger partial charge in [0.05, 0.1) is 0 Å². The molecule has 2 rings (SSSR count). The van der Waals surface area contributed by atoms with Crippen molar-refractivity contribution >= 4 is 0 Å². The Morgan fingerprint density at radius 3 is 1.33 bits per heavy atom. The van der Waals surface area contributed by atoms with Gasteiger partial charge in [0, 0.05) is 5.04 Å². The quantitative estimate of drug-likeness (QED) is 0.563. The summed E-state index contributed by atoms with van der Waals surface area (Å²) in [5.74, 6) is 1.18. The van der Waals surface area contributed by atoms with Gasteiger partial charge >= 0.3 is 0 Å². The van der Waals surface area contributed by atoms with Gasteiger partial charge in [0.25, 0.3) is 0 Å². The molecule has 3 nitrogen and oxygen atoms in total. The summed E-state index contributed by atoms with van der Waals surface area (Å²) in [5, 5.41) is 4.61. The average molecular weight is 202 g/mol. The minimum atomic E-state index is 0.591. The van der Waals surface area contributed by atoms with E-state index in [0.717, 1.165) is 0 Å². The summed E-state index contributed by atoms with van der Waals surface area (Å²) in [6.07, 6.45) is 0. The second-order valence-electron chi connectivity index (χ2n) is 2.86. The Hall–Kier alpha value is -2.00. The molecule has 0 aliphatic heterocycles. The Labute approximate surface area is 87.7 Å². The molecule has 0 aliphatic rings. The molecule has 0 spiro atoms. The van der Waals surface area contributed by atoms with Crippen molar-refractivity contribution in [2.75, 3.05) is 0 Å². The van der Waals surface area contributed by atoms with Crippen LogP contribution in [0.15, 0.2) is 60.7 Å². The van der Waals surface area contributed by atoms with E-state index in [2.05, 4.69) is 5.04 Å². The number of hydrogen-bond donors (Lipinski definition) is 0. The molecule has 0 aromatic heterocycles. The molecule has 3 heteroatoms. The Kier molecular flexibility index (Phi) is 3.20. The lowest BCUT2D eigenvalue weighted by molar-refractivity contribution is -0.411. The van der Waals surface area contributed by atoms with Crippen molar-refractivity contribution in [3.8, 4) is 11.5 Å². The first-order chi connectivity index (χ1) is 7.45. The van der Waals surface area contributed by atoms with E-state index in [0.29, 0.717) is 11.5 Å². The Bertz CT molecular complexity index is 347. The monoisotopic (exact) mass is 202 g/mol. The third-order valence-electron chi connectivity index (χ3n) is 1.75. The third-order valence-corrected chi connectivity index (χ3v) is 1.75. The van der Waals surface area contributed by atoms with Crippen molar-refractivity contribution < 1.29 is 14.8 Å². The van der Waals surface area contributed by atoms with Crippen LogP contribution in [0.2, 0.25) is 0 Å². The van der Waals surface area contributed by atoms with Gasteiger partial charge in [0.2, 0.25) is 0 Å². The van der Waals surface area contributed by atoms with Gasteiger partial charge in [-0.3, -0.25) is 9.78 Å². The maximum atomic E-state index is 4.89. The predicted octanol–water partition coefficient (Wildman–Crippen LogP) is 2.99. The maximum absolute atomic E-state index is 4.89. The summed E-state index contributed by atoms with van der Waals surface area (Å²) in [4.78, 5) is 9.78. The van der Waals surface area contributed by atoms with Crippen molar-refractivity contribution in [3.05, 3.63) is 60.7 Å². The molecule has 0 amide bonds. The Morgan fingerprint density at radius 1 is 0.533 bits per heavy atom. The zero-order valence-electron chi connectivity index (χ0n) is 8.00. The minimum absolute atomic E-state index is 0.591. The van der Waals surface area contributed by atoms with Gasteiger partial charge in [-0.2, -0.15) is 0 Å². The Balaban J connectivity index is 1.81. The number of rotatable bonds is 4. The van der Waals surface area contributed by atoms with Gasteiger partial charge < -0.3 is 0 Å². The second kappa shape index (κ2) is 5.02. The molecule has 15 heavy (non-hydrogen) atoms. The van der Waals surface area contributed by atoms with Crippen LogP contribution in [0.3, 0.4) is 0 Å². The zero-order chi connectivity index (χ0) is 10.3. The van der Waals surface area contributed by atoms with Crippen LogP contribution in [0.4, 0.5) is 0 Å². The van der Waals surface area contributed by atoms with E-state index >= 15 is 0 Å². The molecule has 0 unspecified atom stereocenters. The molecule has 0 saturated heterocycles. The highest BCUT2D eigenvalue weighted by atomic mass is 17.5. The van der Waals surface area contributed by atoms with Crippen LogP contribution in [0.5, 0.6) is 11.5 Å². The molecule has 0 heterocycles. The average Bonchev–Trinajstić information content (AvgIpc) is 2.32. The van der Waals surface area contributed by atoms with Gasteiger partial charge in [0.1, 0.15) is 0 Å². The molecule has 0 radical (unpaired) electrons. The summed E-state index contributed by atoms with van der Waals surface area (Å²) in [6, 6.07) is 18.3. The first-order valence-electron chi connectivity index (χ1n) is 4.56. The largest absolute Gasteiger partial charge is 0.299 e. The number of para-hydroxylation sites is 2. The van der Waals surface area contributed by atoms with Crippen LogP contribution in [-0.2, 0) is 5.04 Å². The molecule has 2 aromatic rings. The topological polar surface area (TPSA) is 27.7 Å². The van der Waals surface area contributed by atoms with E-state index in [9.17, 15) is 0 Å². The van der Waals surface area contributed by atoms with Crippen LogP contribution in [-0.4, -0.2) is 0 Å². The molecule has 0 atom stereocenters. The van der Waals surface area contributed by atoms with Crippen LogP contribution in [0.1, 0.15) is 0 Å². The highest BCUT2D eigenvalue weighted by Gasteiger charge is 1.95. The second-order valence-corrected chi connectivity index (χ2v) is 2.86. The standard InChI is InChI=1S/C12H10O3/c1-3-7-11(8-4-1)13-15-14-12-9-5-2-6-10-12/h1-10H. The molecular weight excluding hydrogens is 192 g/mol. The summed E-state index contributed by atoms with van der Waals surface area (Å²) in [6.45, 7) is 0. The van der Waals surface area contributed by atoms with Gasteiger partial charge in [-0.15, -0.1) is 0 Å². The van der Waals surface area contributed by atoms with Crippen molar-refractivity contribution in [1.82, 2.24) is 0 Å². The fourth-order valence-corrected chi connectivity index (χ4v) is 1.05. The zero-order valence-corrected chi connectivity index (χ0v) is 8.00. The van der Waals surface area contributed by atoms with Crippen LogP contribution in [0, 0.1) is 0 Å². The first kappa shape index (κ1) is 9.55. The lowest BCUT2D eigenvalue weighted by Crippen LogP contribution is -2.01. The van der Waals surface area contributed by atoms with Crippen LogP contribution in [0.25, 0.3) is 0 Å². The van der Waals surface area contributed by atoms with E-state index in [-0.39, 0.29) is 0 Å². The van der Waals surface area contributed by atoms with Crippen molar-refractivity contribution in [1.29, 1.82) is 0 Å². The Morgan fingerprint density at radius 2 is 0.933 bits per heavy atom.